The first-order valence-electron chi connectivity index (χ1n) is 5.72. The number of ether oxygens (including phenoxy) is 2. The summed E-state index contributed by atoms with van der Waals surface area (Å²) in [5.41, 5.74) is 0. The lowest BCUT2D eigenvalue weighted by Crippen LogP contribution is -2.12. The Morgan fingerprint density at radius 1 is 0.864 bits per heavy atom. The summed E-state index contributed by atoms with van der Waals surface area (Å²) in [7, 11) is 1.50. The van der Waals surface area contributed by atoms with Gasteiger partial charge in [0.2, 0.25) is 0 Å². The van der Waals surface area contributed by atoms with E-state index in [0.717, 1.165) is 0 Å². The first-order valence-corrected chi connectivity index (χ1v) is 7.99. The van der Waals surface area contributed by atoms with Crippen molar-refractivity contribution in [2.24, 2.45) is 0 Å². The molecule has 0 aliphatic heterocycles. The molecule has 2 aromatic carbocycles. The van der Waals surface area contributed by atoms with E-state index in [1.807, 2.05) is 6.07 Å². The van der Waals surface area contributed by atoms with Gasteiger partial charge in [0.05, 0.1) is 17.2 Å². The number of hydrogen-bond acceptors (Lipinski definition) is 2. The number of rotatable bonds is 2. The topological polar surface area (TPSA) is 18.5 Å². The van der Waals surface area contributed by atoms with Crippen molar-refractivity contribution >= 4 is 69.6 Å². The molecule has 0 aliphatic carbocycles. The Bertz CT molecular complexity index is 575. The van der Waals surface area contributed by atoms with Crippen LogP contribution in [0, 0.1) is 0 Å². The zero-order valence-electron chi connectivity index (χ0n) is 11.1. The van der Waals surface area contributed by atoms with Crippen LogP contribution in [0.4, 0.5) is 0 Å². The summed E-state index contributed by atoms with van der Waals surface area (Å²) in [4.78, 5) is 0. The van der Waals surface area contributed by atoms with Crippen molar-refractivity contribution in [3.8, 4) is 11.5 Å². The molecule has 0 heterocycles. The van der Waals surface area contributed by atoms with E-state index in [-0.39, 0.29) is 0 Å². The van der Waals surface area contributed by atoms with Gasteiger partial charge in [-0.1, -0.05) is 53.0 Å². The minimum atomic E-state index is -1.68. The van der Waals surface area contributed by atoms with Gasteiger partial charge >= 0.3 is 3.98 Å². The highest BCUT2D eigenvalue weighted by Gasteiger charge is 2.21. The van der Waals surface area contributed by atoms with Gasteiger partial charge in [-0.05, 0) is 59.1 Å². The minimum absolute atomic E-state index is 0.421. The van der Waals surface area contributed by atoms with Crippen LogP contribution in [0.2, 0.25) is 15.1 Å². The molecule has 0 aliphatic rings. The number of para-hydroxylation sites is 1. The SMILES string of the molecule is COc1c(Cl)cc(Cl)cc1Cl.ClC(Cl)(Cl)Oc1ccccc1. The van der Waals surface area contributed by atoms with E-state index in [1.54, 1.807) is 36.4 Å². The highest BCUT2D eigenvalue weighted by Crippen LogP contribution is 2.35. The average molecular weight is 423 g/mol. The molecule has 0 fully saturated rings. The monoisotopic (exact) mass is 420 g/mol. The number of hydrogen-bond donors (Lipinski definition) is 0. The minimum Gasteiger partial charge on any atom is -0.494 e. The van der Waals surface area contributed by atoms with Crippen LogP contribution in [-0.2, 0) is 0 Å². The number of alkyl halides is 3. The molecule has 22 heavy (non-hydrogen) atoms. The molecule has 0 saturated heterocycles. The second-order valence-electron chi connectivity index (χ2n) is 3.76. The van der Waals surface area contributed by atoms with Crippen LogP contribution in [0.5, 0.6) is 11.5 Å². The maximum Gasteiger partial charge on any atom is 0.338 e. The van der Waals surface area contributed by atoms with Gasteiger partial charge in [-0.2, -0.15) is 0 Å². The molecule has 0 aromatic heterocycles. The molecule has 2 rings (SSSR count). The molecule has 0 spiro atoms. The van der Waals surface area contributed by atoms with Crippen molar-refractivity contribution in [2.75, 3.05) is 7.11 Å². The summed E-state index contributed by atoms with van der Waals surface area (Å²) in [6, 6.07) is 12.0. The fourth-order valence-electron chi connectivity index (χ4n) is 1.35. The van der Waals surface area contributed by atoms with Gasteiger partial charge in [-0.3, -0.25) is 0 Å². The largest absolute Gasteiger partial charge is 0.494 e. The lowest BCUT2D eigenvalue weighted by atomic mass is 10.3. The summed E-state index contributed by atoms with van der Waals surface area (Å²) in [6.07, 6.45) is 0. The van der Waals surface area contributed by atoms with E-state index in [4.69, 9.17) is 79.1 Å². The van der Waals surface area contributed by atoms with Crippen LogP contribution in [0.3, 0.4) is 0 Å². The normalized spacial score (nSPS) is 10.5. The lowest BCUT2D eigenvalue weighted by Gasteiger charge is -2.12. The van der Waals surface area contributed by atoms with Gasteiger partial charge in [0, 0.05) is 5.02 Å². The van der Waals surface area contributed by atoms with Crippen LogP contribution in [-0.4, -0.2) is 11.1 Å². The highest BCUT2D eigenvalue weighted by molar-refractivity contribution is 6.66. The van der Waals surface area contributed by atoms with Crippen molar-refractivity contribution < 1.29 is 9.47 Å². The molecule has 2 nitrogen and oxygen atoms in total. The molecule has 0 unspecified atom stereocenters. The van der Waals surface area contributed by atoms with Crippen LogP contribution in [0.15, 0.2) is 42.5 Å². The molecule has 0 saturated carbocycles. The van der Waals surface area contributed by atoms with Crippen LogP contribution < -0.4 is 9.47 Å². The van der Waals surface area contributed by atoms with Gasteiger partial charge in [-0.25, -0.2) is 0 Å². The molecule has 0 amide bonds. The molecular formula is C14H10Cl6O2. The standard InChI is InChI=1S/2C7H5Cl3O/c1-11-7-5(9)2-4(8)3-6(7)10;8-7(9,10)11-6-4-2-1-3-5-6/h2-3H,1H3;1-5H. The zero-order chi connectivity index (χ0) is 16.8. The van der Waals surface area contributed by atoms with Gasteiger partial charge < -0.3 is 9.47 Å². The van der Waals surface area contributed by atoms with Crippen molar-refractivity contribution in [2.45, 2.75) is 3.98 Å². The Labute approximate surface area is 158 Å². The molecular weight excluding hydrogens is 413 g/mol. The van der Waals surface area contributed by atoms with Crippen molar-refractivity contribution in [1.82, 2.24) is 0 Å². The second-order valence-corrected chi connectivity index (χ2v) is 7.19. The van der Waals surface area contributed by atoms with E-state index < -0.39 is 3.98 Å². The molecule has 0 bridgehead atoms. The fourth-order valence-corrected chi connectivity index (χ4v) is 2.58. The molecule has 0 atom stereocenters. The second kappa shape index (κ2) is 9.17. The Morgan fingerprint density at radius 2 is 1.36 bits per heavy atom. The Hall–Kier alpha value is -0.220. The summed E-state index contributed by atoms with van der Waals surface area (Å²) >= 11 is 33.3. The van der Waals surface area contributed by atoms with E-state index in [2.05, 4.69) is 0 Å². The summed E-state index contributed by atoms with van der Waals surface area (Å²) in [5, 5.41) is 1.34. The van der Waals surface area contributed by atoms with Gasteiger partial charge in [0.15, 0.2) is 5.75 Å². The van der Waals surface area contributed by atoms with Crippen molar-refractivity contribution in [3.05, 3.63) is 57.5 Å². The summed E-state index contributed by atoms with van der Waals surface area (Å²) in [5.74, 6) is 0.991. The molecule has 120 valence electrons. The average Bonchev–Trinajstić information content (AvgIpc) is 2.38. The van der Waals surface area contributed by atoms with E-state index >= 15 is 0 Å². The Morgan fingerprint density at radius 3 is 1.77 bits per heavy atom. The number of halogens is 6. The van der Waals surface area contributed by atoms with Gasteiger partial charge in [-0.15, -0.1) is 0 Å². The van der Waals surface area contributed by atoms with E-state index in [1.165, 1.54) is 7.11 Å². The third-order valence-corrected chi connectivity index (χ3v) is 3.16. The molecule has 0 N–H and O–H groups in total. The van der Waals surface area contributed by atoms with E-state index in [0.29, 0.717) is 26.6 Å². The Kier molecular flexibility index (Phi) is 8.26. The number of methoxy groups -OCH3 is 1. The zero-order valence-corrected chi connectivity index (χ0v) is 15.7. The van der Waals surface area contributed by atoms with Crippen molar-refractivity contribution in [1.29, 1.82) is 0 Å². The van der Waals surface area contributed by atoms with Gasteiger partial charge in [0.1, 0.15) is 5.75 Å². The van der Waals surface area contributed by atoms with Gasteiger partial charge in [0.25, 0.3) is 0 Å². The predicted octanol–water partition coefficient (Wildman–Crippen LogP) is 7.05. The number of benzene rings is 2. The molecule has 2 aromatic rings. The van der Waals surface area contributed by atoms with Crippen LogP contribution in [0.1, 0.15) is 0 Å². The Balaban J connectivity index is 0.000000220. The fraction of sp³-hybridized carbons (Fsp3) is 0.143. The highest BCUT2D eigenvalue weighted by atomic mass is 35.6. The third kappa shape index (κ3) is 7.36. The maximum atomic E-state index is 5.74. The van der Waals surface area contributed by atoms with E-state index in [9.17, 15) is 0 Å². The smallest absolute Gasteiger partial charge is 0.338 e. The quantitative estimate of drug-likeness (QED) is 0.483. The molecule has 8 heteroatoms. The van der Waals surface area contributed by atoms with Crippen LogP contribution in [0.25, 0.3) is 0 Å². The maximum absolute atomic E-state index is 5.74. The van der Waals surface area contributed by atoms with Crippen LogP contribution >= 0.6 is 69.6 Å². The van der Waals surface area contributed by atoms with Crippen molar-refractivity contribution in [3.63, 3.8) is 0 Å². The summed E-state index contributed by atoms with van der Waals surface area (Å²) < 4.78 is 8.13. The third-order valence-electron chi connectivity index (χ3n) is 2.14. The first kappa shape index (κ1) is 19.8. The lowest BCUT2D eigenvalue weighted by molar-refractivity contribution is 0.320. The summed E-state index contributed by atoms with van der Waals surface area (Å²) in [6.45, 7) is 0. The predicted molar refractivity (Wildman–Crippen MR) is 95.4 cm³/mol. The first-order chi connectivity index (χ1) is 10.2. The molecule has 0 radical (unpaired) electrons.